The summed E-state index contributed by atoms with van der Waals surface area (Å²) in [6.45, 7) is 5.46. The van der Waals surface area contributed by atoms with Crippen LogP contribution in [0.15, 0.2) is 4.99 Å². The van der Waals surface area contributed by atoms with Gasteiger partial charge in [0.25, 0.3) is 0 Å². The fourth-order valence-electron chi connectivity index (χ4n) is 0.666. The van der Waals surface area contributed by atoms with Crippen LogP contribution in [-0.2, 0) is 4.79 Å². The summed E-state index contributed by atoms with van der Waals surface area (Å²) in [7, 11) is 0. The van der Waals surface area contributed by atoms with Gasteiger partial charge >= 0.3 is 0 Å². The van der Waals surface area contributed by atoms with Crippen LogP contribution in [0.25, 0.3) is 0 Å². The number of nitrogens with two attached hydrogens (primary N) is 1. The van der Waals surface area contributed by atoms with Crippen molar-refractivity contribution in [2.75, 3.05) is 0 Å². The summed E-state index contributed by atoms with van der Waals surface area (Å²) in [5, 5.41) is 0. The first-order valence-corrected chi connectivity index (χ1v) is 3.36. The number of hydrogen-bond donors (Lipinski definition) is 1. The molecule has 1 amide bonds. The number of aliphatic imine (C=N–C) groups is 1. The third kappa shape index (κ3) is 5.28. The number of amidine groups is 1. The lowest BCUT2D eigenvalue weighted by atomic mass is 10.1. The van der Waals surface area contributed by atoms with E-state index in [0.717, 1.165) is 0 Å². The predicted octanol–water partition coefficient (Wildman–Crippen LogP) is 0.936. The largest absolute Gasteiger partial charge is 0.387 e. The molecule has 3 heteroatoms. The minimum Gasteiger partial charge on any atom is -0.387 e. The van der Waals surface area contributed by atoms with Gasteiger partial charge in [-0.1, -0.05) is 13.8 Å². The van der Waals surface area contributed by atoms with E-state index in [1.807, 2.05) is 13.8 Å². The number of carbonyl (C=O) groups excluding carboxylic acids is 1. The molecule has 0 aliphatic heterocycles. The van der Waals surface area contributed by atoms with E-state index in [0.29, 0.717) is 18.2 Å². The minimum absolute atomic E-state index is 0.224. The van der Waals surface area contributed by atoms with E-state index < -0.39 is 0 Å². The van der Waals surface area contributed by atoms with E-state index >= 15 is 0 Å². The molecule has 0 bridgehead atoms. The normalized spacial score (nSPS) is 12.2. The fourth-order valence-corrected chi connectivity index (χ4v) is 0.666. The van der Waals surface area contributed by atoms with Gasteiger partial charge in [0.2, 0.25) is 5.91 Å². The maximum absolute atomic E-state index is 10.4. The maximum Gasteiger partial charge on any atom is 0.244 e. The van der Waals surface area contributed by atoms with Gasteiger partial charge in [-0.2, -0.15) is 0 Å². The van der Waals surface area contributed by atoms with Gasteiger partial charge in [-0.3, -0.25) is 4.79 Å². The molecular weight excluding hydrogens is 128 g/mol. The quantitative estimate of drug-likeness (QED) is 0.460. The zero-order chi connectivity index (χ0) is 8.15. The average molecular weight is 142 g/mol. The van der Waals surface area contributed by atoms with Gasteiger partial charge in [0.05, 0.1) is 0 Å². The van der Waals surface area contributed by atoms with Crippen molar-refractivity contribution in [2.45, 2.75) is 27.2 Å². The number of carbonyl (C=O) groups is 1. The first kappa shape index (κ1) is 9.14. The minimum atomic E-state index is -0.224. The second-order valence-electron chi connectivity index (χ2n) is 2.72. The van der Waals surface area contributed by atoms with Gasteiger partial charge < -0.3 is 5.73 Å². The van der Waals surface area contributed by atoms with Crippen LogP contribution >= 0.6 is 0 Å². The highest BCUT2D eigenvalue weighted by molar-refractivity contribution is 5.92. The Morgan fingerprint density at radius 3 is 2.40 bits per heavy atom. The summed E-state index contributed by atoms with van der Waals surface area (Å²) in [6, 6.07) is 0. The summed E-state index contributed by atoms with van der Waals surface area (Å²) in [6.07, 6.45) is 0.694. The second kappa shape index (κ2) is 4.04. The zero-order valence-corrected chi connectivity index (χ0v) is 6.72. The van der Waals surface area contributed by atoms with Gasteiger partial charge in [-0.15, -0.1) is 0 Å². The van der Waals surface area contributed by atoms with E-state index in [9.17, 15) is 4.79 Å². The van der Waals surface area contributed by atoms with Gasteiger partial charge in [-0.05, 0) is 5.92 Å². The van der Waals surface area contributed by atoms with Gasteiger partial charge in [0.15, 0.2) is 0 Å². The molecule has 0 unspecified atom stereocenters. The highest BCUT2D eigenvalue weighted by atomic mass is 16.1. The summed E-state index contributed by atoms with van der Waals surface area (Å²) in [5.41, 5.74) is 5.40. The Morgan fingerprint density at radius 2 is 2.10 bits per heavy atom. The molecule has 0 aromatic heterocycles. The van der Waals surface area contributed by atoms with Crippen molar-refractivity contribution in [3.05, 3.63) is 0 Å². The number of nitrogens with zero attached hydrogens (tertiary/aromatic N) is 1. The number of hydrogen-bond acceptors (Lipinski definition) is 1. The topological polar surface area (TPSA) is 55.5 Å². The molecule has 3 nitrogen and oxygen atoms in total. The lowest BCUT2D eigenvalue weighted by Gasteiger charge is -2.01. The summed E-state index contributed by atoms with van der Waals surface area (Å²) in [4.78, 5) is 13.9. The van der Waals surface area contributed by atoms with E-state index in [1.54, 1.807) is 0 Å². The molecule has 0 aromatic carbocycles. The van der Waals surface area contributed by atoms with Gasteiger partial charge in [0.1, 0.15) is 5.84 Å². The van der Waals surface area contributed by atoms with Crippen LogP contribution in [0.2, 0.25) is 0 Å². The molecule has 0 fully saturated rings. The Balaban J connectivity index is 3.83. The van der Waals surface area contributed by atoms with Gasteiger partial charge in [0, 0.05) is 13.3 Å². The second-order valence-corrected chi connectivity index (χ2v) is 2.72. The van der Waals surface area contributed by atoms with Crippen molar-refractivity contribution < 1.29 is 4.79 Å². The third-order valence-corrected chi connectivity index (χ3v) is 0.918. The number of amides is 1. The van der Waals surface area contributed by atoms with Crippen LogP contribution < -0.4 is 5.73 Å². The van der Waals surface area contributed by atoms with Crippen LogP contribution in [-0.4, -0.2) is 11.7 Å². The van der Waals surface area contributed by atoms with E-state index in [1.165, 1.54) is 6.92 Å². The lowest BCUT2D eigenvalue weighted by Crippen LogP contribution is -2.15. The van der Waals surface area contributed by atoms with Crippen molar-refractivity contribution in [1.82, 2.24) is 0 Å². The third-order valence-electron chi connectivity index (χ3n) is 0.918. The van der Waals surface area contributed by atoms with E-state index in [-0.39, 0.29) is 5.91 Å². The van der Waals surface area contributed by atoms with Crippen LogP contribution in [0.1, 0.15) is 27.2 Å². The first-order chi connectivity index (χ1) is 4.52. The molecule has 0 spiro atoms. The van der Waals surface area contributed by atoms with Crippen LogP contribution in [0.5, 0.6) is 0 Å². The SMILES string of the molecule is CC(=O)N=C(N)CC(C)C. The zero-order valence-electron chi connectivity index (χ0n) is 6.72. The molecule has 0 radical (unpaired) electrons. The van der Waals surface area contributed by atoms with E-state index in [4.69, 9.17) is 5.73 Å². The van der Waals surface area contributed by atoms with Gasteiger partial charge in [-0.25, -0.2) is 4.99 Å². The highest BCUT2D eigenvalue weighted by Gasteiger charge is 1.98. The van der Waals surface area contributed by atoms with Crippen molar-refractivity contribution in [3.8, 4) is 0 Å². The van der Waals surface area contributed by atoms with Crippen LogP contribution in [0, 0.1) is 5.92 Å². The molecule has 0 aliphatic rings. The smallest absolute Gasteiger partial charge is 0.244 e. The lowest BCUT2D eigenvalue weighted by molar-refractivity contribution is -0.115. The fraction of sp³-hybridized carbons (Fsp3) is 0.714. The molecule has 0 rings (SSSR count). The molecule has 0 aliphatic carbocycles. The van der Waals surface area contributed by atoms with Crippen molar-refractivity contribution in [3.63, 3.8) is 0 Å². The molecule has 0 saturated carbocycles. The Labute approximate surface area is 61.3 Å². The first-order valence-electron chi connectivity index (χ1n) is 3.36. The monoisotopic (exact) mass is 142 g/mol. The molecule has 0 saturated heterocycles. The Hall–Kier alpha value is -0.860. The summed E-state index contributed by atoms with van der Waals surface area (Å²) >= 11 is 0. The molecular formula is C7H14N2O. The molecule has 0 atom stereocenters. The van der Waals surface area contributed by atoms with Crippen molar-refractivity contribution >= 4 is 11.7 Å². The average Bonchev–Trinajstić information content (AvgIpc) is 1.58. The molecule has 2 N–H and O–H groups in total. The van der Waals surface area contributed by atoms with Crippen LogP contribution in [0.4, 0.5) is 0 Å². The molecule has 0 aromatic rings. The number of rotatable bonds is 2. The summed E-state index contributed by atoms with van der Waals surface area (Å²) in [5.74, 6) is 0.670. The van der Waals surface area contributed by atoms with Crippen LogP contribution in [0.3, 0.4) is 0 Å². The standard InChI is InChI=1S/C7H14N2O/c1-5(2)4-7(8)9-6(3)10/h5H,4H2,1-3H3,(H2,8,9,10). The molecule has 58 valence electrons. The Morgan fingerprint density at radius 1 is 1.60 bits per heavy atom. The summed E-state index contributed by atoms with van der Waals surface area (Å²) < 4.78 is 0. The maximum atomic E-state index is 10.4. The molecule has 0 heterocycles. The highest BCUT2D eigenvalue weighted by Crippen LogP contribution is 1.97. The van der Waals surface area contributed by atoms with Crippen molar-refractivity contribution in [1.29, 1.82) is 0 Å². The Kier molecular flexibility index (Phi) is 3.69. The Bertz CT molecular complexity index is 150. The van der Waals surface area contributed by atoms with E-state index in [2.05, 4.69) is 4.99 Å². The predicted molar refractivity (Wildman–Crippen MR) is 41.8 cm³/mol. The van der Waals surface area contributed by atoms with Crippen molar-refractivity contribution in [2.24, 2.45) is 16.6 Å². The molecule has 10 heavy (non-hydrogen) atoms.